The van der Waals surface area contributed by atoms with Crippen LogP contribution in [0.2, 0.25) is 0 Å². The number of imide groups is 1. The topological polar surface area (TPSA) is 72.9 Å². The van der Waals surface area contributed by atoms with Gasteiger partial charge in [0, 0.05) is 12.6 Å². The minimum absolute atomic E-state index is 0.110. The molecule has 1 aromatic carbocycles. The fourth-order valence-corrected chi connectivity index (χ4v) is 2.93. The maximum atomic E-state index is 12.5. The average Bonchev–Trinajstić information content (AvgIpc) is 2.47. The first-order valence-electron chi connectivity index (χ1n) is 6.81. The summed E-state index contributed by atoms with van der Waals surface area (Å²) in [6, 6.07) is 6.87. The zero-order valence-corrected chi connectivity index (χ0v) is 11.1. The van der Waals surface area contributed by atoms with Crippen LogP contribution in [0.15, 0.2) is 24.3 Å². The van der Waals surface area contributed by atoms with E-state index in [4.69, 9.17) is 0 Å². The SMILES string of the molecule is O=C(O)N1C(=O)N(C2CCNCC2)Cc2ccccc21. The van der Waals surface area contributed by atoms with Crippen molar-refractivity contribution >= 4 is 17.8 Å². The normalized spacial score (nSPS) is 19.9. The highest BCUT2D eigenvalue weighted by Gasteiger charge is 2.37. The predicted molar refractivity (Wildman–Crippen MR) is 73.8 cm³/mol. The molecule has 0 saturated carbocycles. The number of carbonyl (C=O) groups excluding carboxylic acids is 1. The van der Waals surface area contributed by atoms with Crippen LogP contribution < -0.4 is 10.2 Å². The number of nitrogens with one attached hydrogen (secondary N) is 1. The van der Waals surface area contributed by atoms with E-state index >= 15 is 0 Å². The van der Waals surface area contributed by atoms with Gasteiger partial charge in [-0.1, -0.05) is 18.2 Å². The minimum atomic E-state index is -1.22. The standard InChI is InChI=1S/C14H17N3O3/c18-13-16(11-5-7-15-8-6-11)9-10-3-1-2-4-12(10)17(13)14(19)20/h1-4,11,15H,5-9H2,(H,19,20). The Hall–Kier alpha value is -2.08. The number of piperidine rings is 1. The van der Waals surface area contributed by atoms with Crippen LogP contribution in [0, 0.1) is 0 Å². The number of benzene rings is 1. The van der Waals surface area contributed by atoms with Crippen molar-refractivity contribution < 1.29 is 14.7 Å². The lowest BCUT2D eigenvalue weighted by Crippen LogP contribution is -2.55. The molecular formula is C14H17N3O3. The van der Waals surface area contributed by atoms with Crippen LogP contribution >= 0.6 is 0 Å². The molecular weight excluding hydrogens is 258 g/mol. The molecule has 1 fully saturated rings. The molecule has 2 aliphatic rings. The highest BCUT2D eigenvalue weighted by molar-refractivity contribution is 6.12. The van der Waals surface area contributed by atoms with Gasteiger partial charge in [-0.15, -0.1) is 0 Å². The molecule has 0 radical (unpaired) electrons. The van der Waals surface area contributed by atoms with Gasteiger partial charge in [-0.05, 0) is 37.6 Å². The molecule has 6 nitrogen and oxygen atoms in total. The van der Waals surface area contributed by atoms with E-state index in [1.54, 1.807) is 17.0 Å². The van der Waals surface area contributed by atoms with Crippen LogP contribution in [0.5, 0.6) is 0 Å². The maximum absolute atomic E-state index is 12.5. The number of urea groups is 1. The zero-order valence-electron chi connectivity index (χ0n) is 11.1. The quantitative estimate of drug-likeness (QED) is 0.820. The zero-order chi connectivity index (χ0) is 14.1. The van der Waals surface area contributed by atoms with E-state index < -0.39 is 12.1 Å². The Morgan fingerprint density at radius 1 is 1.25 bits per heavy atom. The van der Waals surface area contributed by atoms with Crippen LogP contribution in [0.4, 0.5) is 15.3 Å². The first kappa shape index (κ1) is 12.9. The minimum Gasteiger partial charge on any atom is -0.464 e. The second-order valence-electron chi connectivity index (χ2n) is 5.14. The Bertz CT molecular complexity index is 540. The third kappa shape index (κ3) is 2.12. The second-order valence-corrected chi connectivity index (χ2v) is 5.14. The largest absolute Gasteiger partial charge is 0.464 e. The molecule has 6 heteroatoms. The summed E-state index contributed by atoms with van der Waals surface area (Å²) in [4.78, 5) is 26.5. The van der Waals surface area contributed by atoms with Crippen LogP contribution in [-0.2, 0) is 6.54 Å². The molecule has 0 bridgehead atoms. The third-order valence-electron chi connectivity index (χ3n) is 3.95. The van der Waals surface area contributed by atoms with Crippen molar-refractivity contribution in [3.8, 4) is 0 Å². The van der Waals surface area contributed by atoms with Gasteiger partial charge in [0.15, 0.2) is 0 Å². The van der Waals surface area contributed by atoms with Crippen LogP contribution in [0.25, 0.3) is 0 Å². The summed E-state index contributed by atoms with van der Waals surface area (Å²) in [5.74, 6) is 0. The lowest BCUT2D eigenvalue weighted by Gasteiger charge is -2.40. The lowest BCUT2D eigenvalue weighted by atomic mass is 10.0. The van der Waals surface area contributed by atoms with Crippen LogP contribution in [0.3, 0.4) is 0 Å². The molecule has 0 unspecified atom stereocenters. The van der Waals surface area contributed by atoms with Gasteiger partial charge >= 0.3 is 12.1 Å². The van der Waals surface area contributed by atoms with Gasteiger partial charge in [-0.25, -0.2) is 9.59 Å². The van der Waals surface area contributed by atoms with Gasteiger partial charge in [0.05, 0.1) is 5.69 Å². The molecule has 2 N–H and O–H groups in total. The molecule has 0 spiro atoms. The monoisotopic (exact) mass is 275 g/mol. The summed E-state index contributed by atoms with van der Waals surface area (Å²) >= 11 is 0. The Labute approximate surface area is 117 Å². The average molecular weight is 275 g/mol. The van der Waals surface area contributed by atoms with Crippen molar-refractivity contribution in [3.05, 3.63) is 29.8 Å². The number of para-hydroxylation sites is 1. The number of hydrogen-bond donors (Lipinski definition) is 2. The fraction of sp³-hybridized carbons (Fsp3) is 0.429. The highest BCUT2D eigenvalue weighted by Crippen LogP contribution is 2.31. The number of fused-ring (bicyclic) bond motifs is 1. The molecule has 3 rings (SSSR count). The van der Waals surface area contributed by atoms with Crippen molar-refractivity contribution in [3.63, 3.8) is 0 Å². The molecule has 0 aromatic heterocycles. The lowest BCUT2D eigenvalue weighted by molar-refractivity contribution is 0.151. The predicted octanol–water partition coefficient (Wildman–Crippen LogP) is 1.86. The molecule has 1 aromatic rings. The van der Waals surface area contributed by atoms with Gasteiger partial charge in [0.25, 0.3) is 0 Å². The Morgan fingerprint density at radius 3 is 2.65 bits per heavy atom. The van der Waals surface area contributed by atoms with Gasteiger partial charge in [-0.2, -0.15) is 4.90 Å². The third-order valence-corrected chi connectivity index (χ3v) is 3.95. The molecule has 0 aliphatic carbocycles. The van der Waals surface area contributed by atoms with E-state index in [2.05, 4.69) is 5.32 Å². The number of carboxylic acid groups (broad SMARTS) is 1. The molecule has 3 amide bonds. The summed E-state index contributed by atoms with van der Waals surface area (Å²) in [5, 5.41) is 12.6. The maximum Gasteiger partial charge on any atom is 0.420 e. The van der Waals surface area contributed by atoms with Gasteiger partial charge in [-0.3, -0.25) is 0 Å². The van der Waals surface area contributed by atoms with Crippen molar-refractivity contribution in [2.75, 3.05) is 18.0 Å². The van der Waals surface area contributed by atoms with Crippen LogP contribution in [0.1, 0.15) is 18.4 Å². The van der Waals surface area contributed by atoms with Crippen LogP contribution in [-0.4, -0.2) is 41.3 Å². The van der Waals surface area contributed by atoms with Crippen molar-refractivity contribution in [2.45, 2.75) is 25.4 Å². The summed E-state index contributed by atoms with van der Waals surface area (Å²) in [7, 11) is 0. The summed E-state index contributed by atoms with van der Waals surface area (Å²) in [6.07, 6.45) is 0.504. The summed E-state index contributed by atoms with van der Waals surface area (Å²) in [5.41, 5.74) is 1.36. The van der Waals surface area contributed by atoms with Crippen molar-refractivity contribution in [2.24, 2.45) is 0 Å². The Kier molecular flexibility index (Phi) is 3.31. The second kappa shape index (κ2) is 5.13. The summed E-state index contributed by atoms with van der Waals surface area (Å²) in [6.45, 7) is 2.22. The number of hydrogen-bond acceptors (Lipinski definition) is 3. The molecule has 20 heavy (non-hydrogen) atoms. The number of anilines is 1. The van der Waals surface area contributed by atoms with Crippen molar-refractivity contribution in [1.82, 2.24) is 10.2 Å². The smallest absolute Gasteiger partial charge is 0.420 e. The van der Waals surface area contributed by atoms with Gasteiger partial charge in [0.1, 0.15) is 0 Å². The van der Waals surface area contributed by atoms with E-state index in [1.165, 1.54) is 0 Å². The van der Waals surface area contributed by atoms with E-state index in [1.807, 2.05) is 12.1 Å². The van der Waals surface area contributed by atoms with E-state index in [0.29, 0.717) is 12.2 Å². The number of nitrogens with zero attached hydrogens (tertiary/aromatic N) is 2. The van der Waals surface area contributed by atoms with E-state index in [9.17, 15) is 14.7 Å². The molecule has 2 aliphatic heterocycles. The van der Waals surface area contributed by atoms with E-state index in [0.717, 1.165) is 36.4 Å². The van der Waals surface area contributed by atoms with Crippen molar-refractivity contribution in [1.29, 1.82) is 0 Å². The molecule has 106 valence electrons. The summed E-state index contributed by atoms with van der Waals surface area (Å²) < 4.78 is 0. The highest BCUT2D eigenvalue weighted by atomic mass is 16.4. The van der Waals surface area contributed by atoms with E-state index in [-0.39, 0.29) is 6.04 Å². The van der Waals surface area contributed by atoms with Gasteiger partial charge < -0.3 is 15.3 Å². The Morgan fingerprint density at radius 2 is 1.95 bits per heavy atom. The van der Waals surface area contributed by atoms with Gasteiger partial charge in [0.2, 0.25) is 0 Å². The molecule has 1 saturated heterocycles. The number of carbonyl (C=O) groups is 2. The first-order valence-corrected chi connectivity index (χ1v) is 6.81. The first-order chi connectivity index (χ1) is 9.68. The fourth-order valence-electron chi connectivity index (χ4n) is 2.93. The Balaban J connectivity index is 1.95. The molecule has 2 heterocycles. The molecule has 0 atom stereocenters. The number of amides is 3. The number of rotatable bonds is 1.